The molecule has 0 radical (unpaired) electrons. The van der Waals surface area contributed by atoms with E-state index in [1.165, 1.54) is 12.1 Å². The highest BCUT2D eigenvalue weighted by atomic mass is 32.2. The average Bonchev–Trinajstić information content (AvgIpc) is 2.55. The summed E-state index contributed by atoms with van der Waals surface area (Å²) in [5, 5.41) is 5.85. The molecular formula is C17H18F4N4OS. The Morgan fingerprint density at radius 2 is 2.07 bits per heavy atom. The molecule has 1 heterocycles. The summed E-state index contributed by atoms with van der Waals surface area (Å²) in [5.41, 5.74) is -3.88. The summed E-state index contributed by atoms with van der Waals surface area (Å²) < 4.78 is 51.1. The molecule has 5 nitrogen and oxygen atoms in total. The number of hydrogen-bond donors (Lipinski definition) is 3. The zero-order valence-electron chi connectivity index (χ0n) is 14.6. The molecule has 0 aliphatic carbocycles. The van der Waals surface area contributed by atoms with Gasteiger partial charge in [0.2, 0.25) is 5.95 Å². The maximum Gasteiger partial charge on any atom is 0.446 e. The summed E-state index contributed by atoms with van der Waals surface area (Å²) in [5.74, 6) is -0.673. The van der Waals surface area contributed by atoms with E-state index >= 15 is 0 Å². The van der Waals surface area contributed by atoms with Crippen LogP contribution in [0.2, 0.25) is 0 Å². The summed E-state index contributed by atoms with van der Waals surface area (Å²) in [6.45, 7) is 7.91. The Kier molecular flexibility index (Phi) is 6.53. The Balaban J connectivity index is 2.15. The zero-order chi connectivity index (χ0) is 20.2. The molecule has 0 aliphatic rings. The van der Waals surface area contributed by atoms with Crippen LogP contribution in [0.15, 0.2) is 40.5 Å². The molecule has 2 aromatic rings. The van der Waals surface area contributed by atoms with Crippen molar-refractivity contribution >= 4 is 23.4 Å². The summed E-state index contributed by atoms with van der Waals surface area (Å²) in [7, 11) is 0. The van der Waals surface area contributed by atoms with Crippen LogP contribution in [0, 0.1) is 5.82 Å². The lowest BCUT2D eigenvalue weighted by Gasteiger charge is -2.18. The maximum absolute atomic E-state index is 14.0. The number of halogens is 4. The standard InChI is InChI=1S/C17H18F4N4OS/c1-4-22-16-24-13(8-15(26)25-16)10(3)23-9(2)11-5-6-14(12(18)7-11)27-17(19,20)21/h5-9,23H,3-4H2,1-2H3,(H2,22,24,25,26). The number of rotatable bonds is 7. The van der Waals surface area contributed by atoms with E-state index in [2.05, 4.69) is 27.2 Å². The molecule has 1 unspecified atom stereocenters. The van der Waals surface area contributed by atoms with Gasteiger partial charge in [-0.05, 0) is 43.3 Å². The van der Waals surface area contributed by atoms with Crippen LogP contribution >= 0.6 is 11.8 Å². The summed E-state index contributed by atoms with van der Waals surface area (Å²) in [6, 6.07) is 4.30. The van der Waals surface area contributed by atoms with Crippen molar-refractivity contribution < 1.29 is 17.6 Å². The first-order valence-corrected chi connectivity index (χ1v) is 8.77. The minimum absolute atomic E-state index is 0.287. The number of aromatic nitrogens is 2. The predicted molar refractivity (Wildman–Crippen MR) is 97.9 cm³/mol. The van der Waals surface area contributed by atoms with E-state index in [4.69, 9.17) is 0 Å². The minimum atomic E-state index is -4.56. The van der Waals surface area contributed by atoms with Crippen molar-refractivity contribution in [1.82, 2.24) is 15.3 Å². The number of benzene rings is 1. The molecule has 0 amide bonds. The molecule has 0 spiro atoms. The van der Waals surface area contributed by atoms with E-state index in [-0.39, 0.29) is 11.5 Å². The molecule has 1 atom stereocenters. The fourth-order valence-corrected chi connectivity index (χ4v) is 2.82. The summed E-state index contributed by atoms with van der Waals surface area (Å²) >= 11 is -0.502. The summed E-state index contributed by atoms with van der Waals surface area (Å²) in [4.78, 5) is 17.9. The second kappa shape index (κ2) is 8.47. The lowest BCUT2D eigenvalue weighted by Crippen LogP contribution is -2.20. The highest BCUT2D eigenvalue weighted by Crippen LogP contribution is 2.38. The van der Waals surface area contributed by atoms with Crippen molar-refractivity contribution in [1.29, 1.82) is 0 Å². The number of thioether (sulfide) groups is 1. The first-order chi connectivity index (χ1) is 12.6. The van der Waals surface area contributed by atoms with Crippen molar-refractivity contribution in [3.63, 3.8) is 0 Å². The molecule has 10 heteroatoms. The molecule has 0 saturated heterocycles. The van der Waals surface area contributed by atoms with E-state index in [0.29, 0.717) is 23.5 Å². The second-order valence-electron chi connectivity index (χ2n) is 5.59. The predicted octanol–water partition coefficient (Wildman–Crippen LogP) is 4.27. The number of nitrogens with zero attached hydrogens (tertiary/aromatic N) is 1. The van der Waals surface area contributed by atoms with E-state index in [1.807, 2.05) is 6.92 Å². The highest BCUT2D eigenvalue weighted by Gasteiger charge is 2.30. The van der Waals surface area contributed by atoms with Gasteiger partial charge in [0.1, 0.15) is 5.82 Å². The Bertz CT molecular complexity index is 882. The normalized spacial score (nSPS) is 12.5. The number of hydrogen-bond acceptors (Lipinski definition) is 5. The SMILES string of the molecule is C=C(NC(C)c1ccc(SC(F)(F)F)c(F)c1)c1cc(=O)[nH]c(NCC)n1. The minimum Gasteiger partial charge on any atom is -0.377 e. The molecule has 2 rings (SSSR count). The fourth-order valence-electron chi connectivity index (χ4n) is 2.28. The third-order valence-corrected chi connectivity index (χ3v) is 4.25. The Labute approximate surface area is 157 Å². The van der Waals surface area contributed by atoms with E-state index in [1.54, 1.807) is 6.92 Å². The Morgan fingerprint density at radius 3 is 2.67 bits per heavy atom. The van der Waals surface area contributed by atoms with E-state index in [0.717, 1.165) is 12.1 Å². The van der Waals surface area contributed by atoms with Crippen LogP contribution in [0.25, 0.3) is 5.70 Å². The molecular weight excluding hydrogens is 384 g/mol. The largest absolute Gasteiger partial charge is 0.446 e. The molecule has 1 aromatic carbocycles. The highest BCUT2D eigenvalue weighted by molar-refractivity contribution is 8.00. The molecule has 0 bridgehead atoms. The van der Waals surface area contributed by atoms with Gasteiger partial charge in [0, 0.05) is 18.7 Å². The number of alkyl halides is 3. The molecule has 0 aliphatic heterocycles. The molecule has 1 aromatic heterocycles. The van der Waals surface area contributed by atoms with Gasteiger partial charge >= 0.3 is 5.51 Å². The van der Waals surface area contributed by atoms with Crippen molar-refractivity contribution in [3.05, 3.63) is 58.3 Å². The van der Waals surface area contributed by atoms with Gasteiger partial charge in [0.05, 0.1) is 16.3 Å². The number of anilines is 1. The van der Waals surface area contributed by atoms with Crippen LogP contribution in [0.3, 0.4) is 0 Å². The number of nitrogens with one attached hydrogen (secondary N) is 3. The first-order valence-electron chi connectivity index (χ1n) is 7.95. The monoisotopic (exact) mass is 402 g/mol. The molecule has 0 saturated carbocycles. The molecule has 27 heavy (non-hydrogen) atoms. The quantitative estimate of drug-likeness (QED) is 0.477. The van der Waals surface area contributed by atoms with E-state index in [9.17, 15) is 22.4 Å². The van der Waals surface area contributed by atoms with Crippen LogP contribution in [0.5, 0.6) is 0 Å². The molecule has 3 N–H and O–H groups in total. The van der Waals surface area contributed by atoms with Gasteiger partial charge in [-0.2, -0.15) is 13.2 Å². The van der Waals surface area contributed by atoms with Crippen LogP contribution in [-0.2, 0) is 0 Å². The van der Waals surface area contributed by atoms with E-state index < -0.39 is 34.0 Å². The smallest absolute Gasteiger partial charge is 0.377 e. The fraction of sp³-hybridized carbons (Fsp3) is 0.294. The van der Waals surface area contributed by atoms with Gasteiger partial charge < -0.3 is 10.6 Å². The number of aromatic amines is 1. The number of H-pyrrole nitrogens is 1. The van der Waals surface area contributed by atoms with Gasteiger partial charge in [0.15, 0.2) is 0 Å². The zero-order valence-corrected chi connectivity index (χ0v) is 15.4. The Morgan fingerprint density at radius 1 is 1.37 bits per heavy atom. The van der Waals surface area contributed by atoms with Gasteiger partial charge in [0.25, 0.3) is 5.56 Å². The summed E-state index contributed by atoms with van der Waals surface area (Å²) in [6.07, 6.45) is 0. The van der Waals surface area contributed by atoms with Crippen LogP contribution in [0.4, 0.5) is 23.5 Å². The average molecular weight is 402 g/mol. The molecule has 0 fully saturated rings. The topological polar surface area (TPSA) is 69.8 Å². The van der Waals surface area contributed by atoms with Crippen molar-refractivity contribution in [2.75, 3.05) is 11.9 Å². The second-order valence-corrected chi connectivity index (χ2v) is 6.70. The first kappa shape index (κ1) is 20.8. The third kappa shape index (κ3) is 6.02. The maximum atomic E-state index is 14.0. The van der Waals surface area contributed by atoms with Gasteiger partial charge in [-0.1, -0.05) is 12.6 Å². The van der Waals surface area contributed by atoms with Crippen molar-refractivity contribution in [2.24, 2.45) is 0 Å². The molecule has 146 valence electrons. The van der Waals surface area contributed by atoms with Gasteiger partial charge in [-0.25, -0.2) is 9.37 Å². The third-order valence-electron chi connectivity index (χ3n) is 3.47. The van der Waals surface area contributed by atoms with Crippen molar-refractivity contribution in [2.45, 2.75) is 30.3 Å². The van der Waals surface area contributed by atoms with Crippen LogP contribution in [-0.4, -0.2) is 22.0 Å². The van der Waals surface area contributed by atoms with Crippen molar-refractivity contribution in [3.8, 4) is 0 Å². The Hall–Kier alpha value is -2.49. The van der Waals surface area contributed by atoms with Gasteiger partial charge in [-0.3, -0.25) is 9.78 Å². The van der Waals surface area contributed by atoms with Gasteiger partial charge in [-0.15, -0.1) is 0 Å². The lowest BCUT2D eigenvalue weighted by atomic mass is 10.1. The van der Waals surface area contributed by atoms with Crippen LogP contribution in [0.1, 0.15) is 31.1 Å². The lowest BCUT2D eigenvalue weighted by molar-refractivity contribution is -0.0329. The van der Waals surface area contributed by atoms with Crippen LogP contribution < -0.4 is 16.2 Å².